The Morgan fingerprint density at radius 2 is 1.54 bits per heavy atom. The predicted octanol–water partition coefficient (Wildman–Crippen LogP) is 4.28. The fourth-order valence-electron chi connectivity index (χ4n) is 2.75. The van der Waals surface area contributed by atoms with Crippen molar-refractivity contribution in [3.8, 4) is 0 Å². The van der Waals surface area contributed by atoms with E-state index >= 15 is 0 Å². The first-order valence-corrected chi connectivity index (χ1v) is 8.57. The summed E-state index contributed by atoms with van der Waals surface area (Å²) in [6, 6.07) is 13.5. The van der Waals surface area contributed by atoms with Gasteiger partial charge in [-0.2, -0.15) is 0 Å². The van der Waals surface area contributed by atoms with Gasteiger partial charge in [-0.3, -0.25) is 14.9 Å². The van der Waals surface area contributed by atoms with Gasteiger partial charge in [0.2, 0.25) is 0 Å². The van der Waals surface area contributed by atoms with Crippen LogP contribution in [0.4, 0.5) is 5.69 Å². The molecule has 0 atom stereocenters. The van der Waals surface area contributed by atoms with E-state index in [1.807, 2.05) is 18.2 Å². The molecule has 0 spiro atoms. The zero-order valence-electron chi connectivity index (χ0n) is 13.9. The average Bonchev–Trinajstić information content (AvgIpc) is 2.80. The van der Waals surface area contributed by atoms with Crippen molar-refractivity contribution in [3.05, 3.63) is 85.9 Å². The lowest BCUT2D eigenvalue weighted by atomic mass is 9.98. The van der Waals surface area contributed by atoms with Crippen LogP contribution in [0.5, 0.6) is 0 Å². The SMILES string of the molecule is O=C1/C(=C/c2ccc(Cl)cc2)CCNC/C1=C\c1ccc([N+](=O)[O-])cc1. The molecule has 1 N–H and O–H groups in total. The van der Waals surface area contributed by atoms with Crippen LogP contribution in [0.1, 0.15) is 17.5 Å². The highest BCUT2D eigenvalue weighted by Crippen LogP contribution is 2.21. The van der Waals surface area contributed by atoms with Crippen LogP contribution in [-0.2, 0) is 4.79 Å². The molecule has 0 unspecified atom stereocenters. The smallest absolute Gasteiger partial charge is 0.269 e. The Morgan fingerprint density at radius 3 is 2.15 bits per heavy atom. The molecule has 1 fully saturated rings. The first-order chi connectivity index (χ1) is 12.5. The molecule has 1 aliphatic heterocycles. The normalized spacial score (nSPS) is 18.1. The molecule has 0 amide bonds. The van der Waals surface area contributed by atoms with Crippen LogP contribution in [0, 0.1) is 10.1 Å². The topological polar surface area (TPSA) is 72.2 Å². The minimum Gasteiger partial charge on any atom is -0.312 e. The second-order valence-corrected chi connectivity index (χ2v) is 6.43. The van der Waals surface area contributed by atoms with Gasteiger partial charge in [-0.1, -0.05) is 23.7 Å². The molecule has 3 rings (SSSR count). The number of nitrogens with one attached hydrogen (secondary N) is 1. The number of non-ortho nitro benzene ring substituents is 1. The molecule has 1 heterocycles. The molecule has 0 aromatic heterocycles. The van der Waals surface area contributed by atoms with E-state index in [1.165, 1.54) is 12.1 Å². The number of hydrogen-bond donors (Lipinski definition) is 1. The molecule has 0 radical (unpaired) electrons. The van der Waals surface area contributed by atoms with Gasteiger partial charge in [-0.05, 0) is 60.5 Å². The molecule has 2 aromatic rings. The Labute approximate surface area is 156 Å². The lowest BCUT2D eigenvalue weighted by Crippen LogP contribution is -2.16. The van der Waals surface area contributed by atoms with Gasteiger partial charge in [0.1, 0.15) is 0 Å². The van der Waals surface area contributed by atoms with Crippen molar-refractivity contribution in [2.45, 2.75) is 6.42 Å². The number of halogens is 1. The summed E-state index contributed by atoms with van der Waals surface area (Å²) < 4.78 is 0. The molecular weight excluding hydrogens is 352 g/mol. The fraction of sp³-hybridized carbons (Fsp3) is 0.150. The van der Waals surface area contributed by atoms with E-state index in [2.05, 4.69) is 5.32 Å². The number of carbonyl (C=O) groups is 1. The lowest BCUT2D eigenvalue weighted by Gasteiger charge is -2.05. The number of rotatable bonds is 3. The van der Waals surface area contributed by atoms with E-state index in [-0.39, 0.29) is 11.5 Å². The third kappa shape index (κ3) is 4.45. The second-order valence-electron chi connectivity index (χ2n) is 6.00. The van der Waals surface area contributed by atoms with Crippen LogP contribution in [0.3, 0.4) is 0 Å². The number of nitrogens with zero attached hydrogens (tertiary/aromatic N) is 1. The van der Waals surface area contributed by atoms with E-state index in [0.29, 0.717) is 30.1 Å². The largest absolute Gasteiger partial charge is 0.312 e. The Kier molecular flexibility index (Phi) is 5.61. The Morgan fingerprint density at radius 1 is 0.962 bits per heavy atom. The number of carbonyl (C=O) groups excluding carboxylic acids is 1. The summed E-state index contributed by atoms with van der Waals surface area (Å²) in [5, 5.41) is 14.6. The average molecular weight is 369 g/mol. The van der Waals surface area contributed by atoms with Crippen LogP contribution in [0.15, 0.2) is 59.7 Å². The van der Waals surface area contributed by atoms with Crippen molar-refractivity contribution >= 4 is 35.2 Å². The van der Waals surface area contributed by atoms with Gasteiger partial charge in [0.05, 0.1) is 4.92 Å². The van der Waals surface area contributed by atoms with Crippen molar-refractivity contribution in [1.82, 2.24) is 5.32 Å². The van der Waals surface area contributed by atoms with Gasteiger partial charge in [0.25, 0.3) is 5.69 Å². The molecule has 5 nitrogen and oxygen atoms in total. The maximum atomic E-state index is 12.9. The van der Waals surface area contributed by atoms with Crippen molar-refractivity contribution < 1.29 is 9.72 Å². The van der Waals surface area contributed by atoms with Crippen LogP contribution in [0.25, 0.3) is 12.2 Å². The molecule has 0 aliphatic carbocycles. The molecule has 0 saturated carbocycles. The third-order valence-electron chi connectivity index (χ3n) is 4.13. The molecule has 0 bridgehead atoms. The van der Waals surface area contributed by atoms with Gasteiger partial charge < -0.3 is 5.32 Å². The van der Waals surface area contributed by atoms with Crippen molar-refractivity contribution in [2.24, 2.45) is 0 Å². The van der Waals surface area contributed by atoms with Gasteiger partial charge in [0, 0.05) is 34.8 Å². The molecule has 1 aliphatic rings. The van der Waals surface area contributed by atoms with Gasteiger partial charge >= 0.3 is 0 Å². The number of nitro groups is 1. The zero-order chi connectivity index (χ0) is 18.5. The molecule has 2 aromatic carbocycles. The molecular formula is C20H17ClN2O3. The second kappa shape index (κ2) is 8.08. The summed E-state index contributed by atoms with van der Waals surface area (Å²) in [6.07, 6.45) is 4.30. The molecule has 6 heteroatoms. The summed E-state index contributed by atoms with van der Waals surface area (Å²) in [6.45, 7) is 1.18. The molecule has 132 valence electrons. The summed E-state index contributed by atoms with van der Waals surface area (Å²) in [5.74, 6) is -0.0108. The Balaban J connectivity index is 1.88. The quantitative estimate of drug-likeness (QED) is 0.498. The lowest BCUT2D eigenvalue weighted by molar-refractivity contribution is -0.384. The number of hydrogen-bond acceptors (Lipinski definition) is 4. The Bertz CT molecular complexity index is 884. The minimum absolute atomic E-state index is 0.0108. The maximum absolute atomic E-state index is 12.9. The van der Waals surface area contributed by atoms with E-state index in [4.69, 9.17) is 11.6 Å². The highest BCUT2D eigenvalue weighted by atomic mass is 35.5. The summed E-state index contributed by atoms with van der Waals surface area (Å²) in [5.41, 5.74) is 3.07. The van der Waals surface area contributed by atoms with E-state index < -0.39 is 4.92 Å². The van der Waals surface area contributed by atoms with Crippen molar-refractivity contribution in [3.63, 3.8) is 0 Å². The van der Waals surface area contributed by atoms with E-state index in [1.54, 1.807) is 30.3 Å². The van der Waals surface area contributed by atoms with E-state index in [9.17, 15) is 14.9 Å². The van der Waals surface area contributed by atoms with E-state index in [0.717, 1.165) is 16.7 Å². The summed E-state index contributed by atoms with van der Waals surface area (Å²) >= 11 is 5.90. The third-order valence-corrected chi connectivity index (χ3v) is 4.38. The number of Topliss-reactive ketones (excluding diaryl/α,β-unsaturated/α-hetero) is 1. The first-order valence-electron chi connectivity index (χ1n) is 8.19. The fourth-order valence-corrected chi connectivity index (χ4v) is 2.88. The predicted molar refractivity (Wildman–Crippen MR) is 103 cm³/mol. The minimum atomic E-state index is -0.442. The summed E-state index contributed by atoms with van der Waals surface area (Å²) in [4.78, 5) is 23.2. The van der Waals surface area contributed by atoms with Crippen LogP contribution in [-0.4, -0.2) is 23.8 Å². The first kappa shape index (κ1) is 18.0. The Hall–Kier alpha value is -2.76. The number of benzene rings is 2. The van der Waals surface area contributed by atoms with Crippen LogP contribution < -0.4 is 5.32 Å². The molecule has 1 saturated heterocycles. The highest BCUT2D eigenvalue weighted by Gasteiger charge is 2.18. The van der Waals surface area contributed by atoms with Gasteiger partial charge in [0.15, 0.2) is 5.78 Å². The number of ketones is 1. The van der Waals surface area contributed by atoms with Gasteiger partial charge in [-0.25, -0.2) is 0 Å². The zero-order valence-corrected chi connectivity index (χ0v) is 14.7. The number of nitro benzene ring substituents is 1. The molecule has 26 heavy (non-hydrogen) atoms. The van der Waals surface area contributed by atoms with Crippen molar-refractivity contribution in [2.75, 3.05) is 13.1 Å². The maximum Gasteiger partial charge on any atom is 0.269 e. The van der Waals surface area contributed by atoms with Crippen LogP contribution >= 0.6 is 11.6 Å². The summed E-state index contributed by atoms with van der Waals surface area (Å²) in [7, 11) is 0. The van der Waals surface area contributed by atoms with Gasteiger partial charge in [-0.15, -0.1) is 0 Å². The highest BCUT2D eigenvalue weighted by molar-refractivity contribution is 6.30. The van der Waals surface area contributed by atoms with Crippen molar-refractivity contribution in [1.29, 1.82) is 0 Å². The monoisotopic (exact) mass is 368 g/mol. The standard InChI is InChI=1S/C20H17ClN2O3/c21-18-5-1-14(2-6-18)11-16-9-10-22-13-17(20(16)24)12-15-3-7-19(8-4-15)23(25)26/h1-8,11-12,22H,9-10,13H2/b16-11+,17-12+. The van der Waals surface area contributed by atoms with Crippen LogP contribution in [0.2, 0.25) is 5.02 Å².